The second-order valence-corrected chi connectivity index (χ2v) is 3.89. The Kier molecular flexibility index (Phi) is 3.06. The lowest BCUT2D eigenvalue weighted by Crippen LogP contribution is -1.96. The van der Waals surface area contributed by atoms with Crippen molar-refractivity contribution in [3.05, 3.63) is 41.0 Å². The van der Waals surface area contributed by atoms with Crippen LogP contribution < -0.4 is 5.32 Å². The van der Waals surface area contributed by atoms with Gasteiger partial charge in [-0.1, -0.05) is 23.7 Å². The fourth-order valence-electron chi connectivity index (χ4n) is 1.39. The van der Waals surface area contributed by atoms with E-state index in [1.54, 1.807) is 13.2 Å². The van der Waals surface area contributed by atoms with E-state index in [0.29, 0.717) is 5.95 Å². The Bertz CT molecular complexity index is 511. The zero-order valence-corrected chi connectivity index (χ0v) is 9.92. The molecule has 2 rings (SSSR count). The van der Waals surface area contributed by atoms with E-state index in [1.807, 2.05) is 31.2 Å². The van der Waals surface area contributed by atoms with Gasteiger partial charge in [-0.2, -0.15) is 0 Å². The third kappa shape index (κ3) is 2.14. The fourth-order valence-corrected chi connectivity index (χ4v) is 1.57. The Morgan fingerprint density at radius 3 is 2.75 bits per heavy atom. The standard InChI is InChI=1S/C12H12ClN3/c1-8-3-4-9(7-10(8)13)11-5-6-15-12(14-2)16-11/h3-7H,1-2H3,(H,14,15,16). The van der Waals surface area contributed by atoms with Gasteiger partial charge in [0.25, 0.3) is 0 Å². The molecule has 0 aliphatic heterocycles. The Morgan fingerprint density at radius 1 is 1.25 bits per heavy atom. The lowest BCUT2D eigenvalue weighted by atomic mass is 10.1. The minimum Gasteiger partial charge on any atom is -0.357 e. The lowest BCUT2D eigenvalue weighted by molar-refractivity contribution is 1.15. The van der Waals surface area contributed by atoms with E-state index in [2.05, 4.69) is 15.3 Å². The highest BCUT2D eigenvalue weighted by Crippen LogP contribution is 2.24. The molecule has 3 nitrogen and oxygen atoms in total. The van der Waals surface area contributed by atoms with Gasteiger partial charge >= 0.3 is 0 Å². The lowest BCUT2D eigenvalue weighted by Gasteiger charge is -2.05. The molecule has 0 radical (unpaired) electrons. The van der Waals surface area contributed by atoms with Gasteiger partial charge in [0.05, 0.1) is 5.69 Å². The Balaban J connectivity index is 2.46. The van der Waals surface area contributed by atoms with Crippen molar-refractivity contribution in [2.75, 3.05) is 12.4 Å². The predicted molar refractivity (Wildman–Crippen MR) is 66.8 cm³/mol. The zero-order valence-electron chi connectivity index (χ0n) is 9.16. The van der Waals surface area contributed by atoms with Crippen LogP contribution in [0, 0.1) is 6.92 Å². The predicted octanol–water partition coefficient (Wildman–Crippen LogP) is 3.15. The third-order valence-electron chi connectivity index (χ3n) is 2.35. The quantitative estimate of drug-likeness (QED) is 0.866. The van der Waals surface area contributed by atoms with Gasteiger partial charge in [0, 0.05) is 23.8 Å². The van der Waals surface area contributed by atoms with Gasteiger partial charge in [-0.15, -0.1) is 0 Å². The monoisotopic (exact) mass is 233 g/mol. The van der Waals surface area contributed by atoms with Crippen LogP contribution in [0.2, 0.25) is 5.02 Å². The van der Waals surface area contributed by atoms with Crippen molar-refractivity contribution in [1.82, 2.24) is 9.97 Å². The molecular weight excluding hydrogens is 222 g/mol. The number of rotatable bonds is 2. The number of anilines is 1. The molecule has 4 heteroatoms. The van der Waals surface area contributed by atoms with E-state index in [-0.39, 0.29) is 0 Å². The first-order valence-electron chi connectivity index (χ1n) is 4.98. The maximum atomic E-state index is 6.08. The van der Waals surface area contributed by atoms with Crippen molar-refractivity contribution in [2.45, 2.75) is 6.92 Å². The van der Waals surface area contributed by atoms with E-state index >= 15 is 0 Å². The summed E-state index contributed by atoms with van der Waals surface area (Å²) in [4.78, 5) is 8.42. The van der Waals surface area contributed by atoms with Crippen LogP contribution in [-0.2, 0) is 0 Å². The molecule has 0 spiro atoms. The van der Waals surface area contributed by atoms with E-state index in [4.69, 9.17) is 11.6 Å². The van der Waals surface area contributed by atoms with Gasteiger partial charge in [-0.25, -0.2) is 9.97 Å². The Labute approximate surface area is 99.5 Å². The third-order valence-corrected chi connectivity index (χ3v) is 2.75. The molecule has 1 heterocycles. The molecule has 0 aliphatic carbocycles. The average Bonchev–Trinajstić information content (AvgIpc) is 2.33. The van der Waals surface area contributed by atoms with Crippen molar-refractivity contribution in [3.8, 4) is 11.3 Å². The summed E-state index contributed by atoms with van der Waals surface area (Å²) in [6.07, 6.45) is 1.72. The van der Waals surface area contributed by atoms with Crippen molar-refractivity contribution in [2.24, 2.45) is 0 Å². The summed E-state index contributed by atoms with van der Waals surface area (Å²) >= 11 is 6.08. The number of nitrogens with zero attached hydrogens (tertiary/aromatic N) is 2. The molecule has 0 aliphatic rings. The van der Waals surface area contributed by atoms with Gasteiger partial charge in [0.15, 0.2) is 0 Å². The first-order valence-corrected chi connectivity index (χ1v) is 5.36. The van der Waals surface area contributed by atoms with Crippen molar-refractivity contribution in [1.29, 1.82) is 0 Å². The highest BCUT2D eigenvalue weighted by molar-refractivity contribution is 6.31. The van der Waals surface area contributed by atoms with Crippen LogP contribution in [-0.4, -0.2) is 17.0 Å². The maximum absolute atomic E-state index is 6.08. The van der Waals surface area contributed by atoms with Crippen molar-refractivity contribution >= 4 is 17.5 Å². The van der Waals surface area contributed by atoms with Crippen LogP contribution in [0.15, 0.2) is 30.5 Å². The molecule has 1 N–H and O–H groups in total. The van der Waals surface area contributed by atoms with E-state index in [0.717, 1.165) is 21.8 Å². The second-order valence-electron chi connectivity index (χ2n) is 3.48. The van der Waals surface area contributed by atoms with Crippen LogP contribution in [0.4, 0.5) is 5.95 Å². The van der Waals surface area contributed by atoms with Gasteiger partial charge in [-0.3, -0.25) is 0 Å². The molecule has 1 aromatic heterocycles. The number of benzene rings is 1. The molecule has 0 atom stereocenters. The minimum atomic E-state index is 0.606. The Hall–Kier alpha value is -1.61. The molecule has 0 saturated heterocycles. The molecule has 1 aromatic carbocycles. The molecular formula is C12H12ClN3. The van der Waals surface area contributed by atoms with Crippen LogP contribution in [0.3, 0.4) is 0 Å². The van der Waals surface area contributed by atoms with Gasteiger partial charge in [0.1, 0.15) is 0 Å². The SMILES string of the molecule is CNc1nccc(-c2ccc(C)c(Cl)c2)n1. The van der Waals surface area contributed by atoms with Gasteiger partial charge in [0.2, 0.25) is 5.95 Å². The van der Waals surface area contributed by atoms with Gasteiger partial charge in [-0.05, 0) is 24.6 Å². The summed E-state index contributed by atoms with van der Waals surface area (Å²) in [6, 6.07) is 7.77. The molecule has 0 unspecified atom stereocenters. The topological polar surface area (TPSA) is 37.8 Å². The summed E-state index contributed by atoms with van der Waals surface area (Å²) in [6.45, 7) is 1.98. The number of nitrogens with one attached hydrogen (secondary N) is 1. The summed E-state index contributed by atoms with van der Waals surface area (Å²) in [5.74, 6) is 0.606. The molecule has 16 heavy (non-hydrogen) atoms. The highest BCUT2D eigenvalue weighted by atomic mass is 35.5. The maximum Gasteiger partial charge on any atom is 0.222 e. The summed E-state index contributed by atoms with van der Waals surface area (Å²) in [5.41, 5.74) is 2.92. The van der Waals surface area contributed by atoms with E-state index < -0.39 is 0 Å². The summed E-state index contributed by atoms with van der Waals surface area (Å²) < 4.78 is 0. The zero-order chi connectivity index (χ0) is 11.5. The first kappa shape index (κ1) is 10.9. The largest absolute Gasteiger partial charge is 0.357 e. The molecule has 0 bridgehead atoms. The summed E-state index contributed by atoms with van der Waals surface area (Å²) in [5, 5.41) is 3.66. The van der Waals surface area contributed by atoms with Crippen LogP contribution >= 0.6 is 11.6 Å². The molecule has 0 amide bonds. The van der Waals surface area contributed by atoms with Gasteiger partial charge < -0.3 is 5.32 Å². The van der Waals surface area contributed by atoms with Crippen molar-refractivity contribution < 1.29 is 0 Å². The second kappa shape index (κ2) is 4.49. The van der Waals surface area contributed by atoms with Crippen LogP contribution in [0.5, 0.6) is 0 Å². The smallest absolute Gasteiger partial charge is 0.222 e. The molecule has 0 fully saturated rings. The number of halogens is 1. The fraction of sp³-hybridized carbons (Fsp3) is 0.167. The van der Waals surface area contributed by atoms with Crippen LogP contribution in [0.25, 0.3) is 11.3 Å². The molecule has 82 valence electrons. The highest BCUT2D eigenvalue weighted by Gasteiger charge is 2.03. The molecule has 0 saturated carbocycles. The van der Waals surface area contributed by atoms with Crippen molar-refractivity contribution in [3.63, 3.8) is 0 Å². The Morgan fingerprint density at radius 2 is 2.06 bits per heavy atom. The number of hydrogen-bond donors (Lipinski definition) is 1. The van der Waals surface area contributed by atoms with E-state index in [1.165, 1.54) is 0 Å². The number of aryl methyl sites for hydroxylation is 1. The normalized spacial score (nSPS) is 10.2. The first-order chi connectivity index (χ1) is 7.70. The summed E-state index contributed by atoms with van der Waals surface area (Å²) in [7, 11) is 1.79. The molecule has 2 aromatic rings. The average molecular weight is 234 g/mol. The minimum absolute atomic E-state index is 0.606. The number of hydrogen-bond acceptors (Lipinski definition) is 3. The van der Waals surface area contributed by atoms with Crippen LogP contribution in [0.1, 0.15) is 5.56 Å². The van der Waals surface area contributed by atoms with E-state index in [9.17, 15) is 0 Å². The number of aromatic nitrogens is 2.